The highest BCUT2D eigenvalue weighted by molar-refractivity contribution is 5.87. The Morgan fingerprint density at radius 1 is 0.897 bits per heavy atom. The Labute approximate surface area is 161 Å². The van der Waals surface area contributed by atoms with E-state index in [1.807, 2.05) is 0 Å². The van der Waals surface area contributed by atoms with Gasteiger partial charge in [-0.3, -0.25) is 0 Å². The van der Waals surface area contributed by atoms with Gasteiger partial charge in [0.25, 0.3) is 6.10 Å². The normalized spacial score (nSPS) is 12.3. The van der Waals surface area contributed by atoms with Gasteiger partial charge in [0.2, 0.25) is 0 Å². The first kappa shape index (κ1) is 20.6. The quantitative estimate of drug-likeness (QED) is 0.529. The monoisotopic (exact) mass is 416 g/mol. The van der Waals surface area contributed by atoms with Crippen LogP contribution in [0.1, 0.15) is 0 Å². The Balaban J connectivity index is 2.01. The van der Waals surface area contributed by atoms with E-state index in [1.165, 1.54) is 25.3 Å². The molecule has 10 heteroatoms. The first-order chi connectivity index (χ1) is 13.6. The zero-order chi connectivity index (χ0) is 21.2. The third-order valence-electron chi connectivity index (χ3n) is 3.88. The number of halogens is 6. The fraction of sp³-hybridized carbons (Fsp3) is 0.211. The maximum absolute atomic E-state index is 12.9. The van der Waals surface area contributed by atoms with Crippen LogP contribution < -0.4 is 14.8 Å². The molecular formula is C19H14F6N2O2. The van der Waals surface area contributed by atoms with E-state index in [0.29, 0.717) is 11.4 Å². The molecule has 0 unspecified atom stereocenters. The van der Waals surface area contributed by atoms with Crippen LogP contribution in [0.3, 0.4) is 0 Å². The molecule has 1 aromatic heterocycles. The summed E-state index contributed by atoms with van der Waals surface area (Å²) in [5.41, 5.74) is 0.673. The van der Waals surface area contributed by atoms with Crippen molar-refractivity contribution in [3.8, 4) is 11.5 Å². The molecule has 0 aliphatic rings. The summed E-state index contributed by atoms with van der Waals surface area (Å²) in [5, 5.41) is 2.85. The van der Waals surface area contributed by atoms with E-state index in [9.17, 15) is 26.3 Å². The second-order valence-corrected chi connectivity index (χ2v) is 5.96. The van der Waals surface area contributed by atoms with Gasteiger partial charge in [0.1, 0.15) is 17.3 Å². The van der Waals surface area contributed by atoms with Crippen molar-refractivity contribution in [3.63, 3.8) is 0 Å². The van der Waals surface area contributed by atoms with Crippen molar-refractivity contribution in [3.05, 3.63) is 54.6 Å². The molecule has 29 heavy (non-hydrogen) atoms. The van der Waals surface area contributed by atoms with E-state index in [2.05, 4.69) is 15.0 Å². The van der Waals surface area contributed by atoms with Crippen molar-refractivity contribution in [2.24, 2.45) is 0 Å². The molecule has 0 spiro atoms. The summed E-state index contributed by atoms with van der Waals surface area (Å²) in [4.78, 5) is 4.22. The molecule has 1 heterocycles. The zero-order valence-electron chi connectivity index (χ0n) is 14.8. The Kier molecular flexibility index (Phi) is 5.45. The predicted octanol–water partition coefficient (Wildman–Crippen LogP) is 5.86. The van der Waals surface area contributed by atoms with Gasteiger partial charge in [0, 0.05) is 17.1 Å². The number of nitrogens with one attached hydrogen (secondary N) is 1. The lowest BCUT2D eigenvalue weighted by molar-refractivity contribution is -0.299. The maximum atomic E-state index is 12.9. The minimum absolute atomic E-state index is 0.0197. The second-order valence-electron chi connectivity index (χ2n) is 5.96. The molecule has 4 nitrogen and oxygen atoms in total. The van der Waals surface area contributed by atoms with Crippen molar-refractivity contribution < 1.29 is 35.8 Å². The number of hydrogen-bond acceptors (Lipinski definition) is 4. The molecule has 3 aromatic rings. The number of anilines is 2. The Hall–Kier alpha value is -3.17. The molecule has 0 saturated heterocycles. The molecule has 0 aliphatic carbocycles. The van der Waals surface area contributed by atoms with Crippen LogP contribution in [0.15, 0.2) is 54.6 Å². The second kappa shape index (κ2) is 7.69. The van der Waals surface area contributed by atoms with E-state index in [0.717, 1.165) is 6.07 Å². The number of hydrogen-bond donors (Lipinski definition) is 1. The van der Waals surface area contributed by atoms with Gasteiger partial charge in [0.15, 0.2) is 0 Å². The van der Waals surface area contributed by atoms with Crippen LogP contribution >= 0.6 is 0 Å². The summed E-state index contributed by atoms with van der Waals surface area (Å²) < 4.78 is 87.0. The van der Waals surface area contributed by atoms with Gasteiger partial charge in [-0.2, -0.15) is 26.3 Å². The van der Waals surface area contributed by atoms with Gasteiger partial charge >= 0.3 is 12.4 Å². The van der Waals surface area contributed by atoms with E-state index in [4.69, 9.17) is 4.74 Å². The van der Waals surface area contributed by atoms with Crippen LogP contribution in [0.4, 0.5) is 37.8 Å². The molecular weight excluding hydrogens is 402 g/mol. The van der Waals surface area contributed by atoms with Gasteiger partial charge < -0.3 is 14.8 Å². The predicted molar refractivity (Wildman–Crippen MR) is 94.5 cm³/mol. The number of fused-ring (bicyclic) bond motifs is 1. The highest BCUT2D eigenvalue weighted by Gasteiger charge is 2.59. The lowest BCUT2D eigenvalue weighted by atomic mass is 10.2. The molecule has 0 amide bonds. The number of alkyl halides is 6. The van der Waals surface area contributed by atoms with Gasteiger partial charge in [-0.15, -0.1) is 0 Å². The van der Waals surface area contributed by atoms with E-state index in [1.54, 1.807) is 30.3 Å². The maximum Gasteiger partial charge on any atom is 0.434 e. The highest BCUT2D eigenvalue weighted by Crippen LogP contribution is 2.39. The molecule has 0 fully saturated rings. The number of nitrogens with zero attached hydrogens (tertiary/aromatic N) is 1. The number of aromatic nitrogens is 1. The van der Waals surface area contributed by atoms with Gasteiger partial charge in [-0.1, -0.05) is 12.1 Å². The van der Waals surface area contributed by atoms with Gasteiger partial charge in [-0.05, 0) is 36.4 Å². The topological polar surface area (TPSA) is 43.4 Å². The average molecular weight is 416 g/mol. The number of ether oxygens (including phenoxy) is 2. The lowest BCUT2D eigenvalue weighted by Crippen LogP contribution is -2.46. The van der Waals surface area contributed by atoms with Gasteiger partial charge in [0.05, 0.1) is 12.6 Å². The fourth-order valence-electron chi connectivity index (χ4n) is 2.57. The van der Waals surface area contributed by atoms with E-state index < -0.39 is 24.2 Å². The summed E-state index contributed by atoms with van der Waals surface area (Å²) in [7, 11) is 1.48. The molecule has 0 saturated carbocycles. The molecule has 0 atom stereocenters. The Morgan fingerprint density at radius 2 is 1.52 bits per heavy atom. The minimum Gasteiger partial charge on any atom is -0.497 e. The van der Waals surface area contributed by atoms with Crippen molar-refractivity contribution >= 4 is 22.4 Å². The average Bonchev–Trinajstić information content (AvgIpc) is 2.64. The van der Waals surface area contributed by atoms with E-state index >= 15 is 0 Å². The van der Waals surface area contributed by atoms with Crippen molar-refractivity contribution in [2.45, 2.75) is 18.5 Å². The minimum atomic E-state index is -5.63. The smallest absolute Gasteiger partial charge is 0.434 e. The van der Waals surface area contributed by atoms with Gasteiger partial charge in [-0.25, -0.2) is 4.98 Å². The summed E-state index contributed by atoms with van der Waals surface area (Å²) >= 11 is 0. The number of pyridine rings is 1. The third-order valence-corrected chi connectivity index (χ3v) is 3.88. The number of rotatable bonds is 5. The molecule has 2 aromatic carbocycles. The van der Waals surface area contributed by atoms with Crippen LogP contribution in [0.2, 0.25) is 0 Å². The van der Waals surface area contributed by atoms with Crippen LogP contribution in [-0.4, -0.2) is 30.6 Å². The third kappa shape index (κ3) is 4.82. The van der Waals surface area contributed by atoms with Crippen LogP contribution in [0, 0.1) is 0 Å². The summed E-state index contributed by atoms with van der Waals surface area (Å²) in [6.45, 7) is 0. The first-order valence-corrected chi connectivity index (χ1v) is 8.19. The number of methoxy groups -OCH3 is 1. The Morgan fingerprint density at radius 3 is 2.10 bits per heavy atom. The zero-order valence-corrected chi connectivity index (χ0v) is 14.8. The first-order valence-electron chi connectivity index (χ1n) is 8.19. The summed E-state index contributed by atoms with van der Waals surface area (Å²) in [6, 6.07) is 13.3. The van der Waals surface area contributed by atoms with Crippen LogP contribution in [-0.2, 0) is 0 Å². The standard InChI is InChI=1S/C19H14F6N2O2/c1-28-12-8-6-11(7-9-12)26-16-10-15(13-4-2-3-5-14(13)27-16)29-17(18(20,21)22)19(23,24)25/h2-10,17H,1H3,(H,26,27). The molecule has 3 rings (SSSR count). The molecule has 0 bridgehead atoms. The van der Waals surface area contributed by atoms with Crippen molar-refractivity contribution in [2.75, 3.05) is 12.4 Å². The van der Waals surface area contributed by atoms with Crippen LogP contribution in [0.5, 0.6) is 11.5 Å². The van der Waals surface area contributed by atoms with Crippen molar-refractivity contribution in [1.29, 1.82) is 0 Å². The fourth-order valence-corrected chi connectivity index (χ4v) is 2.57. The highest BCUT2D eigenvalue weighted by atomic mass is 19.4. The lowest BCUT2D eigenvalue weighted by Gasteiger charge is -2.24. The molecule has 1 N–H and O–H groups in total. The van der Waals surface area contributed by atoms with Crippen LogP contribution in [0.25, 0.3) is 10.9 Å². The molecule has 154 valence electrons. The summed E-state index contributed by atoms with van der Waals surface area (Å²) in [6.07, 6.45) is -15.2. The SMILES string of the molecule is COc1ccc(Nc2cc(OC(C(F)(F)F)C(F)(F)F)c3ccccc3n2)cc1. The Bertz CT molecular complexity index is 973. The molecule has 0 aliphatic heterocycles. The van der Waals surface area contributed by atoms with Crippen molar-refractivity contribution in [1.82, 2.24) is 4.98 Å². The number of para-hydroxylation sites is 1. The summed E-state index contributed by atoms with van der Waals surface area (Å²) in [5.74, 6) is 0.00228. The number of benzene rings is 2. The van der Waals surface area contributed by atoms with E-state index in [-0.39, 0.29) is 16.7 Å². The molecule has 0 radical (unpaired) electrons. The largest absolute Gasteiger partial charge is 0.497 e.